The molecule has 2 rings (SSSR count). The maximum Gasteiger partial charge on any atom is 0.325 e. The fourth-order valence-electron chi connectivity index (χ4n) is 1.78. The summed E-state index contributed by atoms with van der Waals surface area (Å²) >= 11 is 0. The van der Waals surface area contributed by atoms with E-state index in [9.17, 15) is 4.79 Å². The van der Waals surface area contributed by atoms with Crippen molar-refractivity contribution in [3.05, 3.63) is 17.5 Å². The summed E-state index contributed by atoms with van der Waals surface area (Å²) in [7, 11) is 2.06. The fraction of sp³-hybridized carbons (Fsp3) is 0.545. The molecular weight excluding hydrogens is 220 g/mol. The highest BCUT2D eigenvalue weighted by atomic mass is 16.4. The molecule has 0 aromatic carbocycles. The SMILES string of the molecule is CC(Nc1ncc2c(n1)CCN(C)C2)C(=O)O. The summed E-state index contributed by atoms with van der Waals surface area (Å²) in [4.78, 5) is 21.4. The third kappa shape index (κ3) is 2.71. The van der Waals surface area contributed by atoms with Crippen LogP contribution in [0.5, 0.6) is 0 Å². The summed E-state index contributed by atoms with van der Waals surface area (Å²) in [6, 6.07) is -0.681. The maximum absolute atomic E-state index is 10.7. The van der Waals surface area contributed by atoms with Crippen molar-refractivity contribution >= 4 is 11.9 Å². The number of nitrogens with one attached hydrogen (secondary N) is 1. The van der Waals surface area contributed by atoms with Crippen LogP contribution in [0.25, 0.3) is 0 Å². The number of aromatic nitrogens is 2. The van der Waals surface area contributed by atoms with Gasteiger partial charge >= 0.3 is 5.97 Å². The lowest BCUT2D eigenvalue weighted by Crippen LogP contribution is -2.29. The standard InChI is InChI=1S/C11H16N4O2/c1-7(10(16)17)13-11-12-5-8-6-15(2)4-3-9(8)14-11/h5,7H,3-4,6H2,1-2H3,(H,16,17)(H,12,13,14). The first kappa shape index (κ1) is 11.8. The van der Waals surface area contributed by atoms with Gasteiger partial charge in [0.15, 0.2) is 0 Å². The van der Waals surface area contributed by atoms with E-state index in [2.05, 4.69) is 27.2 Å². The molecule has 1 aliphatic heterocycles. The van der Waals surface area contributed by atoms with Gasteiger partial charge in [0.1, 0.15) is 6.04 Å². The molecule has 0 bridgehead atoms. The number of hydrogen-bond donors (Lipinski definition) is 2. The van der Waals surface area contributed by atoms with Crippen molar-refractivity contribution in [1.29, 1.82) is 0 Å². The summed E-state index contributed by atoms with van der Waals surface area (Å²) in [5.41, 5.74) is 2.13. The van der Waals surface area contributed by atoms with E-state index in [4.69, 9.17) is 5.11 Å². The van der Waals surface area contributed by atoms with Gasteiger partial charge in [0.05, 0.1) is 5.69 Å². The van der Waals surface area contributed by atoms with E-state index in [1.165, 1.54) is 0 Å². The van der Waals surface area contributed by atoms with Crippen molar-refractivity contribution in [1.82, 2.24) is 14.9 Å². The van der Waals surface area contributed by atoms with E-state index in [-0.39, 0.29) is 0 Å². The summed E-state index contributed by atoms with van der Waals surface area (Å²) in [6.07, 6.45) is 2.65. The zero-order valence-corrected chi connectivity index (χ0v) is 9.97. The highest BCUT2D eigenvalue weighted by Gasteiger charge is 2.17. The van der Waals surface area contributed by atoms with Gasteiger partial charge in [0.25, 0.3) is 0 Å². The number of carboxylic acid groups (broad SMARTS) is 1. The van der Waals surface area contributed by atoms with Crippen molar-refractivity contribution in [2.24, 2.45) is 0 Å². The third-order valence-corrected chi connectivity index (χ3v) is 2.84. The average molecular weight is 236 g/mol. The van der Waals surface area contributed by atoms with Crippen molar-refractivity contribution < 1.29 is 9.90 Å². The highest BCUT2D eigenvalue weighted by Crippen LogP contribution is 2.16. The van der Waals surface area contributed by atoms with Crippen LogP contribution in [-0.2, 0) is 17.8 Å². The molecule has 0 saturated carbocycles. The van der Waals surface area contributed by atoms with Gasteiger partial charge in [0, 0.05) is 31.3 Å². The maximum atomic E-state index is 10.7. The van der Waals surface area contributed by atoms with Crippen LogP contribution in [0.1, 0.15) is 18.2 Å². The number of nitrogens with zero attached hydrogens (tertiary/aromatic N) is 3. The molecule has 0 fully saturated rings. The quantitative estimate of drug-likeness (QED) is 0.788. The van der Waals surface area contributed by atoms with Gasteiger partial charge in [-0.25, -0.2) is 9.97 Å². The molecule has 0 spiro atoms. The van der Waals surface area contributed by atoms with Crippen LogP contribution >= 0.6 is 0 Å². The Labute approximate surface area is 99.7 Å². The van der Waals surface area contributed by atoms with E-state index < -0.39 is 12.0 Å². The van der Waals surface area contributed by atoms with Crippen LogP contribution < -0.4 is 5.32 Å². The number of rotatable bonds is 3. The van der Waals surface area contributed by atoms with Gasteiger partial charge in [-0.3, -0.25) is 4.79 Å². The Bertz CT molecular complexity index is 435. The lowest BCUT2D eigenvalue weighted by molar-refractivity contribution is -0.137. The number of hydrogen-bond acceptors (Lipinski definition) is 5. The normalized spacial score (nSPS) is 17.3. The van der Waals surface area contributed by atoms with E-state index in [1.54, 1.807) is 13.1 Å². The average Bonchev–Trinajstić information content (AvgIpc) is 2.29. The fourth-order valence-corrected chi connectivity index (χ4v) is 1.78. The molecule has 6 nitrogen and oxygen atoms in total. The third-order valence-electron chi connectivity index (χ3n) is 2.84. The molecule has 17 heavy (non-hydrogen) atoms. The number of anilines is 1. The minimum absolute atomic E-state index is 0.392. The molecule has 2 N–H and O–H groups in total. The molecule has 92 valence electrons. The first-order chi connectivity index (χ1) is 8.06. The molecule has 0 amide bonds. The van der Waals surface area contributed by atoms with Crippen molar-refractivity contribution in [3.8, 4) is 0 Å². The molecule has 0 aliphatic carbocycles. The summed E-state index contributed by atoms with van der Waals surface area (Å²) in [5.74, 6) is -0.519. The highest BCUT2D eigenvalue weighted by molar-refractivity contribution is 5.75. The Morgan fingerprint density at radius 1 is 1.65 bits per heavy atom. The van der Waals surface area contributed by atoms with Gasteiger partial charge < -0.3 is 15.3 Å². The summed E-state index contributed by atoms with van der Waals surface area (Å²) < 4.78 is 0. The molecule has 1 aromatic rings. The Kier molecular flexibility index (Phi) is 3.23. The predicted molar refractivity (Wildman–Crippen MR) is 62.8 cm³/mol. The number of fused-ring (bicyclic) bond motifs is 1. The lowest BCUT2D eigenvalue weighted by atomic mass is 10.1. The van der Waals surface area contributed by atoms with E-state index in [0.29, 0.717) is 5.95 Å². The van der Waals surface area contributed by atoms with E-state index in [1.807, 2.05) is 0 Å². The molecule has 1 unspecified atom stereocenters. The lowest BCUT2D eigenvalue weighted by Gasteiger charge is -2.24. The Morgan fingerprint density at radius 3 is 3.12 bits per heavy atom. The Morgan fingerprint density at radius 2 is 2.41 bits per heavy atom. The van der Waals surface area contributed by atoms with E-state index >= 15 is 0 Å². The second-order valence-corrected chi connectivity index (χ2v) is 4.36. The largest absolute Gasteiger partial charge is 0.480 e. The van der Waals surface area contributed by atoms with Crippen LogP contribution in [0.15, 0.2) is 6.20 Å². The first-order valence-corrected chi connectivity index (χ1v) is 5.59. The van der Waals surface area contributed by atoms with Gasteiger partial charge in [-0.05, 0) is 14.0 Å². The molecule has 1 atom stereocenters. The number of likely N-dealkylation sites (N-methyl/N-ethyl adjacent to an activating group) is 1. The van der Waals surface area contributed by atoms with Gasteiger partial charge in [0.2, 0.25) is 5.95 Å². The van der Waals surface area contributed by atoms with Crippen molar-refractivity contribution in [2.75, 3.05) is 18.9 Å². The smallest absolute Gasteiger partial charge is 0.325 e. The molecule has 1 aromatic heterocycles. The Balaban J connectivity index is 2.14. The van der Waals surface area contributed by atoms with Crippen LogP contribution in [0.3, 0.4) is 0 Å². The second kappa shape index (κ2) is 4.67. The molecular formula is C11H16N4O2. The minimum atomic E-state index is -0.911. The summed E-state index contributed by atoms with van der Waals surface area (Å²) in [5, 5.41) is 11.6. The molecule has 6 heteroatoms. The number of aliphatic carboxylic acids is 1. The molecule has 1 aliphatic rings. The molecule has 2 heterocycles. The van der Waals surface area contributed by atoms with E-state index in [0.717, 1.165) is 30.8 Å². The molecule has 0 saturated heterocycles. The van der Waals surface area contributed by atoms with Gasteiger partial charge in [-0.2, -0.15) is 0 Å². The summed E-state index contributed by atoms with van der Waals surface area (Å²) in [6.45, 7) is 3.39. The number of carboxylic acids is 1. The van der Waals surface area contributed by atoms with Crippen molar-refractivity contribution in [3.63, 3.8) is 0 Å². The van der Waals surface area contributed by atoms with Gasteiger partial charge in [-0.15, -0.1) is 0 Å². The van der Waals surface area contributed by atoms with Crippen molar-refractivity contribution in [2.45, 2.75) is 25.9 Å². The number of carbonyl (C=O) groups is 1. The topological polar surface area (TPSA) is 78.4 Å². The Hall–Kier alpha value is -1.69. The van der Waals surface area contributed by atoms with Crippen LogP contribution in [-0.4, -0.2) is 45.6 Å². The zero-order valence-electron chi connectivity index (χ0n) is 9.97. The van der Waals surface area contributed by atoms with Gasteiger partial charge in [-0.1, -0.05) is 0 Å². The monoisotopic (exact) mass is 236 g/mol. The van der Waals surface area contributed by atoms with Crippen LogP contribution in [0, 0.1) is 0 Å². The molecule has 0 radical (unpaired) electrons. The zero-order chi connectivity index (χ0) is 12.4. The van der Waals surface area contributed by atoms with Crippen LogP contribution in [0.2, 0.25) is 0 Å². The van der Waals surface area contributed by atoms with Crippen LogP contribution in [0.4, 0.5) is 5.95 Å². The second-order valence-electron chi connectivity index (χ2n) is 4.36. The minimum Gasteiger partial charge on any atom is -0.480 e. The predicted octanol–water partition coefficient (Wildman–Crippen LogP) is 0.349. The first-order valence-electron chi connectivity index (χ1n) is 5.59.